The summed E-state index contributed by atoms with van der Waals surface area (Å²) < 4.78 is 11.4. The Morgan fingerprint density at radius 3 is 2.46 bits per heavy atom. The van der Waals surface area contributed by atoms with Crippen molar-refractivity contribution in [3.05, 3.63) is 94.6 Å². The summed E-state index contributed by atoms with van der Waals surface area (Å²) in [5, 5.41) is 30.3. The van der Waals surface area contributed by atoms with Crippen molar-refractivity contribution in [1.82, 2.24) is 10.2 Å². The van der Waals surface area contributed by atoms with Crippen LogP contribution >= 0.6 is 23.1 Å². The summed E-state index contributed by atoms with van der Waals surface area (Å²) in [7, 11) is 1.40. The zero-order chi connectivity index (χ0) is 29.1. The van der Waals surface area contributed by atoms with Crippen LogP contribution in [0.3, 0.4) is 0 Å². The lowest BCUT2D eigenvalue weighted by Crippen LogP contribution is -2.29. The average Bonchev–Trinajstić information content (AvgIpc) is 3.55. The molecule has 210 valence electrons. The van der Waals surface area contributed by atoms with Gasteiger partial charge in [0.1, 0.15) is 11.5 Å². The van der Waals surface area contributed by atoms with Gasteiger partial charge in [-0.05, 0) is 61.4 Å². The number of aliphatic hydroxyl groups is 1. The van der Waals surface area contributed by atoms with E-state index in [-0.39, 0.29) is 28.0 Å². The van der Waals surface area contributed by atoms with Crippen molar-refractivity contribution >= 4 is 45.7 Å². The van der Waals surface area contributed by atoms with Gasteiger partial charge in [0.15, 0.2) is 15.8 Å². The number of aryl methyl sites for hydroxylation is 1. The van der Waals surface area contributed by atoms with E-state index in [4.69, 9.17) is 9.47 Å². The summed E-state index contributed by atoms with van der Waals surface area (Å²) in [6.45, 7) is 4.37. The minimum atomic E-state index is -1.04. The van der Waals surface area contributed by atoms with Gasteiger partial charge in [0, 0.05) is 11.3 Å². The fourth-order valence-electron chi connectivity index (χ4n) is 4.43. The number of benzene rings is 3. The molecule has 5 rings (SSSR count). The zero-order valence-corrected chi connectivity index (χ0v) is 24.2. The number of hydrogen-bond donors (Lipinski definition) is 2. The lowest BCUT2D eigenvalue weighted by molar-refractivity contribution is -0.132. The fourth-order valence-corrected chi connectivity index (χ4v) is 6.25. The summed E-state index contributed by atoms with van der Waals surface area (Å²) >= 11 is 2.65. The second kappa shape index (κ2) is 12.0. The average molecular weight is 590 g/mol. The van der Waals surface area contributed by atoms with Crippen molar-refractivity contribution in [1.29, 1.82) is 0 Å². The summed E-state index contributed by atoms with van der Waals surface area (Å²) in [6.07, 6.45) is 0. The number of nitrogens with zero attached hydrogens (tertiary/aromatic N) is 3. The Balaban J connectivity index is 1.55. The van der Waals surface area contributed by atoms with Gasteiger partial charge < -0.3 is 19.7 Å². The van der Waals surface area contributed by atoms with Crippen LogP contribution in [-0.2, 0) is 15.3 Å². The molecule has 4 aromatic rings. The number of phenolic OH excluding ortho intramolecular Hbond substituents is 1. The zero-order valence-electron chi connectivity index (χ0n) is 22.5. The largest absolute Gasteiger partial charge is 0.507 e. The number of methoxy groups -OCH3 is 1. The lowest BCUT2D eigenvalue weighted by Gasteiger charge is -2.23. The molecule has 0 aliphatic carbocycles. The number of anilines is 1. The molecule has 2 heterocycles. The minimum Gasteiger partial charge on any atom is -0.507 e. The van der Waals surface area contributed by atoms with Crippen molar-refractivity contribution in [2.24, 2.45) is 0 Å². The van der Waals surface area contributed by atoms with Gasteiger partial charge in [0.25, 0.3) is 5.78 Å². The number of ketones is 1. The number of Topliss-reactive ketones (excluding diaryl/α,β-unsaturated/α-hetero) is 1. The standard InChI is InChI=1S/C30H27N3O6S2/c1-4-39-21-12-9-19(10-13-21)26(35)24-25(20-11-14-22(34)23(15-20)38-3)33(28(37)27(24)36)29-31-32-30(41-29)40-16-18-7-5-17(2)6-8-18/h5-15,25,34-35H,4,16H2,1-3H3/b26-24-. The van der Waals surface area contributed by atoms with E-state index in [0.717, 1.165) is 5.56 Å². The second-order valence-electron chi connectivity index (χ2n) is 9.18. The van der Waals surface area contributed by atoms with Crippen LogP contribution in [0.4, 0.5) is 5.13 Å². The molecular weight excluding hydrogens is 562 g/mol. The van der Waals surface area contributed by atoms with Crippen molar-refractivity contribution in [2.75, 3.05) is 18.6 Å². The van der Waals surface area contributed by atoms with Gasteiger partial charge in [-0.25, -0.2) is 0 Å². The molecule has 1 saturated heterocycles. The Bertz CT molecular complexity index is 1620. The number of phenols is 1. The third-order valence-electron chi connectivity index (χ3n) is 6.49. The van der Waals surface area contributed by atoms with Crippen LogP contribution in [0.15, 0.2) is 76.6 Å². The number of aromatic nitrogens is 2. The number of thioether (sulfide) groups is 1. The van der Waals surface area contributed by atoms with Crippen molar-refractivity contribution < 1.29 is 29.3 Å². The van der Waals surface area contributed by atoms with Crippen molar-refractivity contribution in [3.8, 4) is 17.2 Å². The van der Waals surface area contributed by atoms with Crippen LogP contribution < -0.4 is 14.4 Å². The van der Waals surface area contributed by atoms with Gasteiger partial charge >= 0.3 is 5.91 Å². The Labute approximate surface area is 245 Å². The number of rotatable bonds is 9. The minimum absolute atomic E-state index is 0.106. The highest BCUT2D eigenvalue weighted by atomic mass is 32.2. The van der Waals surface area contributed by atoms with Gasteiger partial charge in [-0.3, -0.25) is 14.5 Å². The first kappa shape index (κ1) is 28.2. The molecule has 1 aliphatic heterocycles. The van der Waals surface area contributed by atoms with Crippen molar-refractivity contribution in [2.45, 2.75) is 30.0 Å². The molecule has 1 fully saturated rings. The van der Waals surface area contributed by atoms with E-state index < -0.39 is 17.7 Å². The normalized spacial score (nSPS) is 16.3. The van der Waals surface area contributed by atoms with E-state index in [9.17, 15) is 19.8 Å². The predicted molar refractivity (Wildman–Crippen MR) is 158 cm³/mol. The molecule has 2 N–H and O–H groups in total. The number of hydrogen-bond acceptors (Lipinski definition) is 10. The van der Waals surface area contributed by atoms with Crippen LogP contribution in [0.25, 0.3) is 5.76 Å². The maximum absolute atomic E-state index is 13.5. The van der Waals surface area contributed by atoms with E-state index >= 15 is 0 Å². The summed E-state index contributed by atoms with van der Waals surface area (Å²) in [5.74, 6) is -0.743. The SMILES string of the molecule is CCOc1ccc(/C(O)=C2/C(=O)C(=O)N(c3nnc(SCc4ccc(C)cc4)s3)C2c2ccc(O)c(OC)c2)cc1. The Morgan fingerprint density at radius 1 is 1.05 bits per heavy atom. The van der Waals surface area contributed by atoms with E-state index in [1.54, 1.807) is 30.3 Å². The first-order valence-corrected chi connectivity index (χ1v) is 14.5. The number of carbonyl (C=O) groups excluding carboxylic acids is 2. The second-order valence-corrected chi connectivity index (χ2v) is 11.4. The molecule has 0 radical (unpaired) electrons. The van der Waals surface area contributed by atoms with Crippen LogP contribution in [0.1, 0.15) is 35.2 Å². The maximum Gasteiger partial charge on any atom is 0.301 e. The molecule has 1 atom stereocenters. The summed E-state index contributed by atoms with van der Waals surface area (Å²) in [4.78, 5) is 28.2. The number of aromatic hydroxyl groups is 1. The molecule has 1 amide bonds. The molecule has 1 unspecified atom stereocenters. The molecule has 9 nitrogen and oxygen atoms in total. The highest BCUT2D eigenvalue weighted by molar-refractivity contribution is 8.00. The van der Waals surface area contributed by atoms with Crippen LogP contribution in [0.5, 0.6) is 17.2 Å². The third-order valence-corrected chi connectivity index (χ3v) is 8.61. The quantitative estimate of drug-likeness (QED) is 0.0810. The maximum atomic E-state index is 13.5. The fraction of sp³-hybridized carbons (Fsp3) is 0.200. The third kappa shape index (κ3) is 5.77. The molecule has 0 saturated carbocycles. The van der Waals surface area contributed by atoms with Crippen LogP contribution in [0.2, 0.25) is 0 Å². The summed E-state index contributed by atoms with van der Waals surface area (Å²) in [6, 6.07) is 18.2. The summed E-state index contributed by atoms with van der Waals surface area (Å²) in [5.41, 5.74) is 2.95. The molecule has 0 spiro atoms. The van der Waals surface area contributed by atoms with Crippen LogP contribution in [0, 0.1) is 6.92 Å². The van der Waals surface area contributed by atoms with Gasteiger partial charge in [-0.2, -0.15) is 0 Å². The van der Waals surface area contributed by atoms with Crippen molar-refractivity contribution in [3.63, 3.8) is 0 Å². The number of ether oxygens (including phenoxy) is 2. The molecule has 1 aliphatic rings. The Morgan fingerprint density at radius 2 is 1.78 bits per heavy atom. The van der Waals surface area contributed by atoms with Gasteiger partial charge in [0.2, 0.25) is 5.13 Å². The Kier molecular flexibility index (Phi) is 8.27. The molecule has 11 heteroatoms. The van der Waals surface area contributed by atoms with Crippen LogP contribution in [-0.4, -0.2) is 45.8 Å². The monoisotopic (exact) mass is 589 g/mol. The van der Waals surface area contributed by atoms with E-state index in [1.165, 1.54) is 52.8 Å². The molecule has 3 aromatic carbocycles. The Hall–Kier alpha value is -4.35. The van der Waals surface area contributed by atoms with E-state index in [1.807, 2.05) is 38.1 Å². The lowest BCUT2D eigenvalue weighted by atomic mass is 9.95. The highest BCUT2D eigenvalue weighted by Crippen LogP contribution is 2.45. The first-order chi connectivity index (χ1) is 19.8. The number of carbonyl (C=O) groups is 2. The number of aliphatic hydroxyl groups excluding tert-OH is 1. The van der Waals surface area contributed by atoms with Gasteiger partial charge in [0.05, 0.1) is 25.3 Å². The molecular formula is C30H27N3O6S2. The van der Waals surface area contributed by atoms with E-state index in [2.05, 4.69) is 10.2 Å². The molecule has 0 bridgehead atoms. The van der Waals surface area contributed by atoms with E-state index in [0.29, 0.717) is 33.6 Å². The molecule has 1 aromatic heterocycles. The van der Waals surface area contributed by atoms with Gasteiger partial charge in [-0.1, -0.05) is 59.0 Å². The smallest absolute Gasteiger partial charge is 0.301 e. The van der Waals surface area contributed by atoms with Gasteiger partial charge in [-0.15, -0.1) is 10.2 Å². The molecule has 41 heavy (non-hydrogen) atoms. The first-order valence-electron chi connectivity index (χ1n) is 12.7. The number of amides is 1. The predicted octanol–water partition coefficient (Wildman–Crippen LogP) is 5.88. The highest BCUT2D eigenvalue weighted by Gasteiger charge is 2.48. The topological polar surface area (TPSA) is 122 Å².